The predicted molar refractivity (Wildman–Crippen MR) is 139 cm³/mol. The minimum atomic E-state index is -0.917. The molecule has 1 aromatic carbocycles. The summed E-state index contributed by atoms with van der Waals surface area (Å²) >= 11 is 1.63. The third-order valence-electron chi connectivity index (χ3n) is 6.50. The van der Waals surface area contributed by atoms with Gasteiger partial charge in [-0.15, -0.1) is 11.3 Å². The van der Waals surface area contributed by atoms with Crippen molar-refractivity contribution in [2.24, 2.45) is 5.41 Å². The standard InChI is InChI=1S/C28H38O4S/c1-9-20-16-25(33-23(20)15-19(5)26(30)31)28(10-2,11-3)21-12-13-22(18(4)14-21)32-17-24(29)27(6,7)8/h9,12-16,24,29H,1,10-11,17H2,2-8H3,(H,30,31)/b19-15+. The molecule has 1 atom stereocenters. The molecule has 2 aromatic rings. The molecule has 1 heterocycles. The first-order valence-corrected chi connectivity index (χ1v) is 12.3. The van der Waals surface area contributed by atoms with Crippen molar-refractivity contribution in [3.63, 3.8) is 0 Å². The lowest BCUT2D eigenvalue weighted by Gasteiger charge is -2.32. The van der Waals surface area contributed by atoms with Crippen molar-refractivity contribution in [3.05, 3.63) is 62.9 Å². The molecule has 180 valence electrons. The molecule has 0 fully saturated rings. The van der Waals surface area contributed by atoms with Crippen LogP contribution in [0, 0.1) is 12.3 Å². The highest BCUT2D eigenvalue weighted by Crippen LogP contribution is 2.45. The monoisotopic (exact) mass is 470 g/mol. The maximum atomic E-state index is 11.3. The number of benzene rings is 1. The lowest BCUT2D eigenvalue weighted by molar-refractivity contribution is -0.132. The maximum absolute atomic E-state index is 11.3. The van der Waals surface area contributed by atoms with E-state index >= 15 is 0 Å². The van der Waals surface area contributed by atoms with Crippen molar-refractivity contribution in [1.82, 2.24) is 0 Å². The van der Waals surface area contributed by atoms with Crippen LogP contribution in [0.5, 0.6) is 5.75 Å². The molecule has 0 saturated heterocycles. The van der Waals surface area contributed by atoms with Gasteiger partial charge in [-0.3, -0.25) is 0 Å². The van der Waals surface area contributed by atoms with Crippen LogP contribution in [-0.4, -0.2) is 28.9 Å². The minimum absolute atomic E-state index is 0.195. The van der Waals surface area contributed by atoms with E-state index in [0.29, 0.717) is 5.57 Å². The minimum Gasteiger partial charge on any atom is -0.491 e. The van der Waals surface area contributed by atoms with Crippen molar-refractivity contribution >= 4 is 29.5 Å². The number of ether oxygens (including phenoxy) is 1. The maximum Gasteiger partial charge on any atom is 0.331 e. The molecule has 0 radical (unpaired) electrons. The van der Waals surface area contributed by atoms with Crippen molar-refractivity contribution in [2.45, 2.75) is 72.8 Å². The summed E-state index contributed by atoms with van der Waals surface area (Å²) in [6, 6.07) is 8.43. The number of carboxylic acid groups (broad SMARTS) is 1. The lowest BCUT2D eigenvalue weighted by Crippen LogP contribution is -2.32. The SMILES string of the molecule is C=Cc1cc(C(CC)(CC)c2ccc(OCC(O)C(C)(C)C)c(C)c2)sc1/C=C(\C)C(=O)O. The molecule has 2 rings (SSSR count). The van der Waals surface area contributed by atoms with E-state index in [2.05, 4.69) is 38.6 Å². The second kappa shape index (κ2) is 10.7. The van der Waals surface area contributed by atoms with E-state index in [9.17, 15) is 15.0 Å². The van der Waals surface area contributed by atoms with Crippen LogP contribution in [-0.2, 0) is 10.2 Å². The Morgan fingerprint density at radius 2 is 1.85 bits per heavy atom. The second-order valence-electron chi connectivity index (χ2n) is 9.73. The van der Waals surface area contributed by atoms with Gasteiger partial charge >= 0.3 is 5.97 Å². The van der Waals surface area contributed by atoms with Crippen molar-refractivity contribution in [2.75, 3.05) is 6.61 Å². The fourth-order valence-electron chi connectivity index (χ4n) is 3.86. The summed E-state index contributed by atoms with van der Waals surface area (Å²) in [5, 5.41) is 19.6. The normalized spacial score (nSPS) is 13.6. The van der Waals surface area contributed by atoms with E-state index in [1.807, 2.05) is 33.8 Å². The first-order chi connectivity index (χ1) is 15.4. The summed E-state index contributed by atoms with van der Waals surface area (Å²) < 4.78 is 5.95. The highest BCUT2D eigenvalue weighted by molar-refractivity contribution is 7.13. The number of aryl methyl sites for hydroxylation is 1. The molecule has 0 amide bonds. The molecule has 2 N–H and O–H groups in total. The molecule has 5 heteroatoms. The van der Waals surface area contributed by atoms with Gasteiger partial charge in [-0.05, 0) is 67.0 Å². The molecule has 1 unspecified atom stereocenters. The Balaban J connectivity index is 2.46. The summed E-state index contributed by atoms with van der Waals surface area (Å²) in [5.74, 6) is -0.137. The lowest BCUT2D eigenvalue weighted by atomic mass is 9.74. The number of hydrogen-bond acceptors (Lipinski definition) is 4. The van der Waals surface area contributed by atoms with Crippen LogP contribution in [0.15, 0.2) is 36.4 Å². The highest BCUT2D eigenvalue weighted by Gasteiger charge is 2.33. The fraction of sp³-hybridized carbons (Fsp3) is 0.464. The van der Waals surface area contributed by atoms with Gasteiger partial charge in [0.05, 0.1) is 6.10 Å². The van der Waals surface area contributed by atoms with E-state index in [4.69, 9.17) is 4.74 Å². The van der Waals surface area contributed by atoms with Gasteiger partial charge in [0.25, 0.3) is 0 Å². The third kappa shape index (κ3) is 5.96. The number of rotatable bonds is 10. The first-order valence-electron chi connectivity index (χ1n) is 11.5. The van der Waals surface area contributed by atoms with Gasteiger partial charge < -0.3 is 14.9 Å². The zero-order chi connectivity index (χ0) is 25.0. The Kier molecular flexibility index (Phi) is 8.72. The summed E-state index contributed by atoms with van der Waals surface area (Å²) in [7, 11) is 0. The van der Waals surface area contributed by atoms with Gasteiger partial charge in [-0.25, -0.2) is 4.79 Å². The quantitative estimate of drug-likeness (QED) is 0.364. The molecule has 1 aromatic heterocycles. The van der Waals surface area contributed by atoms with Gasteiger partial charge in [0.15, 0.2) is 0 Å². The third-order valence-corrected chi connectivity index (χ3v) is 7.80. The van der Waals surface area contributed by atoms with Gasteiger partial charge in [0.1, 0.15) is 12.4 Å². The average molecular weight is 471 g/mol. The summed E-state index contributed by atoms with van der Waals surface area (Å²) in [6.45, 7) is 18.2. The predicted octanol–water partition coefficient (Wildman–Crippen LogP) is 7.08. The van der Waals surface area contributed by atoms with Crippen molar-refractivity contribution < 1.29 is 19.7 Å². The molecule has 4 nitrogen and oxygen atoms in total. The van der Waals surface area contributed by atoms with Crippen LogP contribution in [0.2, 0.25) is 0 Å². The van der Waals surface area contributed by atoms with Gasteiger partial charge in [-0.2, -0.15) is 0 Å². The summed E-state index contributed by atoms with van der Waals surface area (Å²) in [4.78, 5) is 13.5. The molecule has 33 heavy (non-hydrogen) atoms. The number of hydrogen-bond donors (Lipinski definition) is 2. The highest BCUT2D eigenvalue weighted by atomic mass is 32.1. The average Bonchev–Trinajstić information content (AvgIpc) is 3.16. The molecule has 0 aliphatic rings. The molecule has 0 bridgehead atoms. The second-order valence-corrected chi connectivity index (χ2v) is 10.8. The van der Waals surface area contributed by atoms with E-state index in [0.717, 1.165) is 34.6 Å². The summed E-state index contributed by atoms with van der Waals surface area (Å²) in [5.41, 5.74) is 3.06. The molecule has 0 aliphatic heterocycles. The number of thiophene rings is 1. The van der Waals surface area contributed by atoms with Crippen LogP contribution in [0.25, 0.3) is 12.2 Å². The molecule has 0 saturated carbocycles. The zero-order valence-corrected chi connectivity index (χ0v) is 21.8. The number of aliphatic hydroxyl groups excluding tert-OH is 1. The first kappa shape index (κ1) is 26.9. The Hall–Kier alpha value is -2.37. The Morgan fingerprint density at radius 3 is 2.33 bits per heavy atom. The fourth-order valence-corrected chi connectivity index (χ4v) is 5.38. The molecule has 0 aliphatic carbocycles. The van der Waals surface area contributed by atoms with E-state index in [-0.39, 0.29) is 17.4 Å². The van der Waals surface area contributed by atoms with Gasteiger partial charge in [-0.1, -0.05) is 59.4 Å². The van der Waals surface area contributed by atoms with Gasteiger partial charge in [0, 0.05) is 20.7 Å². The van der Waals surface area contributed by atoms with E-state index in [1.165, 1.54) is 10.4 Å². The van der Waals surface area contributed by atoms with Crippen LogP contribution < -0.4 is 4.74 Å². The van der Waals surface area contributed by atoms with Crippen molar-refractivity contribution in [1.29, 1.82) is 0 Å². The topological polar surface area (TPSA) is 66.8 Å². The van der Waals surface area contributed by atoms with E-state index < -0.39 is 12.1 Å². The Bertz CT molecular complexity index is 1020. The molecule has 0 spiro atoms. The van der Waals surface area contributed by atoms with Crippen LogP contribution in [0.1, 0.15) is 80.8 Å². The Labute approximate surface area is 202 Å². The van der Waals surface area contributed by atoms with E-state index in [1.54, 1.807) is 30.4 Å². The number of carboxylic acids is 1. The van der Waals surface area contributed by atoms with Crippen LogP contribution in [0.4, 0.5) is 0 Å². The smallest absolute Gasteiger partial charge is 0.331 e. The van der Waals surface area contributed by atoms with Crippen molar-refractivity contribution in [3.8, 4) is 5.75 Å². The van der Waals surface area contributed by atoms with Gasteiger partial charge in [0.2, 0.25) is 0 Å². The number of aliphatic carboxylic acids is 1. The number of carbonyl (C=O) groups is 1. The van der Waals surface area contributed by atoms with Crippen LogP contribution >= 0.6 is 11.3 Å². The van der Waals surface area contributed by atoms with Crippen LogP contribution in [0.3, 0.4) is 0 Å². The molecular formula is C28H38O4S. The largest absolute Gasteiger partial charge is 0.491 e. The molecular weight excluding hydrogens is 432 g/mol. The summed E-state index contributed by atoms with van der Waals surface area (Å²) in [6.07, 6.45) is 4.78. The number of aliphatic hydroxyl groups is 1. The Morgan fingerprint density at radius 1 is 1.21 bits per heavy atom. The zero-order valence-electron chi connectivity index (χ0n) is 21.0.